The van der Waals surface area contributed by atoms with Crippen molar-refractivity contribution in [3.8, 4) is 0 Å². The number of para-hydroxylation sites is 2. The Kier molecular flexibility index (Phi) is 4.76. The van der Waals surface area contributed by atoms with Gasteiger partial charge in [-0.3, -0.25) is 4.98 Å². The first-order valence-corrected chi connectivity index (χ1v) is 7.99. The molecule has 1 aliphatic heterocycles. The molecule has 1 aromatic carbocycles. The second-order valence-electron chi connectivity index (χ2n) is 5.85. The van der Waals surface area contributed by atoms with Gasteiger partial charge in [0.1, 0.15) is 0 Å². The standard InChI is InChI=1S/C18H22N4O/c1-21(14-15-8-10-19-11-9-15)18(23)20-16-6-2-3-7-17(16)22-12-4-5-13-22/h2-3,6-11H,4-5,12-14H2,1H3,(H,20,23). The molecular weight excluding hydrogens is 288 g/mol. The SMILES string of the molecule is CN(Cc1ccncc1)C(=O)Nc1ccccc1N1CCCC1. The fraction of sp³-hybridized carbons (Fsp3) is 0.333. The number of carbonyl (C=O) groups excluding carboxylic acids is 1. The highest BCUT2D eigenvalue weighted by atomic mass is 16.2. The summed E-state index contributed by atoms with van der Waals surface area (Å²) in [4.78, 5) is 20.5. The number of rotatable bonds is 4. The average molecular weight is 310 g/mol. The summed E-state index contributed by atoms with van der Waals surface area (Å²) < 4.78 is 0. The zero-order chi connectivity index (χ0) is 16.1. The molecule has 1 aliphatic rings. The number of hydrogen-bond acceptors (Lipinski definition) is 3. The van der Waals surface area contributed by atoms with E-state index in [0.717, 1.165) is 30.0 Å². The third-order valence-electron chi connectivity index (χ3n) is 4.11. The molecule has 5 heteroatoms. The van der Waals surface area contributed by atoms with E-state index in [0.29, 0.717) is 6.54 Å². The van der Waals surface area contributed by atoms with Gasteiger partial charge in [-0.1, -0.05) is 12.1 Å². The van der Waals surface area contributed by atoms with Gasteiger partial charge >= 0.3 is 6.03 Å². The van der Waals surface area contributed by atoms with E-state index in [1.165, 1.54) is 12.8 Å². The molecule has 1 N–H and O–H groups in total. The van der Waals surface area contributed by atoms with Gasteiger partial charge in [0.05, 0.1) is 11.4 Å². The average Bonchev–Trinajstić information content (AvgIpc) is 3.10. The molecule has 1 fully saturated rings. The normalized spacial score (nSPS) is 13.9. The summed E-state index contributed by atoms with van der Waals surface area (Å²) in [6.45, 7) is 2.67. The molecule has 2 aromatic rings. The molecule has 0 radical (unpaired) electrons. The summed E-state index contributed by atoms with van der Waals surface area (Å²) in [6.07, 6.45) is 5.90. The summed E-state index contributed by atoms with van der Waals surface area (Å²) in [5, 5.41) is 3.04. The first-order valence-electron chi connectivity index (χ1n) is 7.99. The molecular formula is C18H22N4O. The minimum Gasteiger partial charge on any atom is -0.370 e. The molecule has 0 atom stereocenters. The van der Waals surface area contributed by atoms with Crippen LogP contribution in [-0.2, 0) is 6.54 Å². The summed E-state index contributed by atoms with van der Waals surface area (Å²) in [7, 11) is 1.80. The van der Waals surface area contributed by atoms with E-state index in [9.17, 15) is 4.79 Å². The van der Waals surface area contributed by atoms with E-state index in [4.69, 9.17) is 0 Å². The second kappa shape index (κ2) is 7.13. The minimum absolute atomic E-state index is 0.103. The van der Waals surface area contributed by atoms with E-state index in [1.807, 2.05) is 30.3 Å². The van der Waals surface area contributed by atoms with Gasteiger partial charge in [0.2, 0.25) is 0 Å². The predicted octanol–water partition coefficient (Wildman–Crippen LogP) is 3.35. The quantitative estimate of drug-likeness (QED) is 0.942. The number of amides is 2. The Hall–Kier alpha value is -2.56. The van der Waals surface area contributed by atoms with E-state index < -0.39 is 0 Å². The van der Waals surface area contributed by atoms with Crippen LogP contribution in [0.4, 0.5) is 16.2 Å². The van der Waals surface area contributed by atoms with Crippen LogP contribution in [0.2, 0.25) is 0 Å². The first-order chi connectivity index (χ1) is 11.2. The summed E-state index contributed by atoms with van der Waals surface area (Å²) in [6, 6.07) is 11.7. The number of benzene rings is 1. The van der Waals surface area contributed by atoms with Crippen LogP contribution in [-0.4, -0.2) is 36.1 Å². The predicted molar refractivity (Wildman–Crippen MR) is 92.6 cm³/mol. The largest absolute Gasteiger partial charge is 0.370 e. The van der Waals surface area contributed by atoms with Gasteiger partial charge < -0.3 is 15.1 Å². The topological polar surface area (TPSA) is 48.5 Å². The number of carbonyl (C=O) groups is 1. The van der Waals surface area contributed by atoms with Crippen molar-refractivity contribution < 1.29 is 4.79 Å². The third kappa shape index (κ3) is 3.80. The fourth-order valence-electron chi connectivity index (χ4n) is 2.86. The van der Waals surface area contributed by atoms with Crippen molar-refractivity contribution in [2.24, 2.45) is 0 Å². The summed E-state index contributed by atoms with van der Waals surface area (Å²) >= 11 is 0. The van der Waals surface area contributed by atoms with E-state index in [2.05, 4.69) is 21.3 Å². The highest BCUT2D eigenvalue weighted by molar-refractivity contribution is 5.93. The lowest BCUT2D eigenvalue weighted by molar-refractivity contribution is 0.220. The van der Waals surface area contributed by atoms with Gasteiger partial charge in [-0.25, -0.2) is 4.79 Å². The van der Waals surface area contributed by atoms with Crippen LogP contribution in [0.15, 0.2) is 48.8 Å². The van der Waals surface area contributed by atoms with Gasteiger partial charge in [-0.2, -0.15) is 0 Å². The zero-order valence-electron chi connectivity index (χ0n) is 13.4. The summed E-state index contributed by atoms with van der Waals surface area (Å²) in [5.41, 5.74) is 3.04. The molecule has 1 saturated heterocycles. The molecule has 2 heterocycles. The van der Waals surface area contributed by atoms with E-state index >= 15 is 0 Å². The molecule has 0 unspecified atom stereocenters. The van der Waals surface area contributed by atoms with Crippen molar-refractivity contribution in [3.05, 3.63) is 54.4 Å². The van der Waals surface area contributed by atoms with E-state index in [1.54, 1.807) is 24.3 Å². The van der Waals surface area contributed by atoms with Crippen LogP contribution in [0.1, 0.15) is 18.4 Å². The molecule has 23 heavy (non-hydrogen) atoms. The molecule has 2 amide bonds. The molecule has 5 nitrogen and oxygen atoms in total. The Morgan fingerprint density at radius 2 is 1.87 bits per heavy atom. The van der Waals surface area contributed by atoms with Crippen LogP contribution in [0.25, 0.3) is 0 Å². The minimum atomic E-state index is -0.103. The number of aromatic nitrogens is 1. The first kappa shape index (κ1) is 15.3. The van der Waals surface area contributed by atoms with Crippen LogP contribution in [0, 0.1) is 0 Å². The number of anilines is 2. The van der Waals surface area contributed by atoms with Crippen LogP contribution in [0.5, 0.6) is 0 Å². The van der Waals surface area contributed by atoms with Crippen molar-refractivity contribution in [2.45, 2.75) is 19.4 Å². The maximum Gasteiger partial charge on any atom is 0.321 e. The second-order valence-corrected chi connectivity index (χ2v) is 5.85. The Bertz CT molecular complexity index is 653. The van der Waals surface area contributed by atoms with E-state index in [-0.39, 0.29) is 6.03 Å². The van der Waals surface area contributed by atoms with Crippen molar-refractivity contribution in [1.82, 2.24) is 9.88 Å². The smallest absolute Gasteiger partial charge is 0.321 e. The number of pyridine rings is 1. The third-order valence-corrected chi connectivity index (χ3v) is 4.11. The maximum atomic E-state index is 12.5. The molecule has 0 bridgehead atoms. The van der Waals surface area contributed by atoms with Gasteiger partial charge in [0.15, 0.2) is 0 Å². The van der Waals surface area contributed by atoms with Crippen molar-refractivity contribution in [1.29, 1.82) is 0 Å². The van der Waals surface area contributed by atoms with Crippen molar-refractivity contribution >= 4 is 17.4 Å². The summed E-state index contributed by atoms with van der Waals surface area (Å²) in [5.74, 6) is 0. The monoisotopic (exact) mass is 310 g/mol. The number of nitrogens with one attached hydrogen (secondary N) is 1. The molecule has 0 aliphatic carbocycles. The van der Waals surface area contributed by atoms with Crippen LogP contribution < -0.4 is 10.2 Å². The Morgan fingerprint density at radius 3 is 2.61 bits per heavy atom. The van der Waals surface area contributed by atoms with Gasteiger partial charge in [0, 0.05) is 39.1 Å². The van der Waals surface area contributed by atoms with Crippen molar-refractivity contribution in [2.75, 3.05) is 30.4 Å². The fourth-order valence-corrected chi connectivity index (χ4v) is 2.86. The Morgan fingerprint density at radius 1 is 1.17 bits per heavy atom. The van der Waals surface area contributed by atoms with Gasteiger partial charge in [-0.15, -0.1) is 0 Å². The molecule has 3 rings (SSSR count). The number of urea groups is 1. The number of hydrogen-bond donors (Lipinski definition) is 1. The van der Waals surface area contributed by atoms with Crippen LogP contribution >= 0.6 is 0 Å². The lowest BCUT2D eigenvalue weighted by atomic mass is 10.2. The van der Waals surface area contributed by atoms with Gasteiger partial charge in [-0.05, 0) is 42.7 Å². The number of nitrogens with zero attached hydrogens (tertiary/aromatic N) is 3. The lowest BCUT2D eigenvalue weighted by Crippen LogP contribution is -2.31. The Labute approximate surface area is 136 Å². The highest BCUT2D eigenvalue weighted by Crippen LogP contribution is 2.28. The zero-order valence-corrected chi connectivity index (χ0v) is 13.4. The van der Waals surface area contributed by atoms with Crippen LogP contribution in [0.3, 0.4) is 0 Å². The Balaban J connectivity index is 1.68. The molecule has 0 saturated carbocycles. The lowest BCUT2D eigenvalue weighted by Gasteiger charge is -2.23. The molecule has 1 aromatic heterocycles. The van der Waals surface area contributed by atoms with Crippen molar-refractivity contribution in [3.63, 3.8) is 0 Å². The maximum absolute atomic E-state index is 12.5. The molecule has 120 valence electrons. The van der Waals surface area contributed by atoms with Gasteiger partial charge in [0.25, 0.3) is 0 Å². The highest BCUT2D eigenvalue weighted by Gasteiger charge is 2.17. The molecule has 0 spiro atoms.